The van der Waals surface area contributed by atoms with Crippen LogP contribution in [0.3, 0.4) is 0 Å². The molecular formula is C26H26BN5O4S. The van der Waals surface area contributed by atoms with Gasteiger partial charge in [0.1, 0.15) is 11.2 Å². The molecule has 0 saturated carbocycles. The van der Waals surface area contributed by atoms with Crippen molar-refractivity contribution in [1.29, 1.82) is 0 Å². The average molecular weight is 515 g/mol. The molecule has 6 rings (SSSR count). The average Bonchev–Trinajstić information content (AvgIpc) is 3.53. The van der Waals surface area contributed by atoms with Crippen molar-refractivity contribution in [3.8, 4) is 11.1 Å². The highest BCUT2D eigenvalue weighted by atomic mass is 32.2. The van der Waals surface area contributed by atoms with Gasteiger partial charge >= 0.3 is 7.12 Å². The van der Waals surface area contributed by atoms with Gasteiger partial charge in [-0.15, -0.1) is 0 Å². The second kappa shape index (κ2) is 7.98. The molecule has 11 heteroatoms. The van der Waals surface area contributed by atoms with Crippen LogP contribution < -0.4 is 5.46 Å². The first-order chi connectivity index (χ1) is 17.5. The second-order valence-electron chi connectivity index (χ2n) is 10.4. The van der Waals surface area contributed by atoms with Crippen molar-refractivity contribution in [3.63, 3.8) is 0 Å². The van der Waals surface area contributed by atoms with Gasteiger partial charge in [-0.2, -0.15) is 0 Å². The Bertz CT molecular complexity index is 1780. The summed E-state index contributed by atoms with van der Waals surface area (Å²) in [7, 11) is -4.90. The van der Waals surface area contributed by atoms with E-state index in [1.54, 1.807) is 24.5 Å². The van der Waals surface area contributed by atoms with Gasteiger partial charge in [0.2, 0.25) is 9.84 Å². The smallest absolute Gasteiger partial charge is 0.399 e. The van der Waals surface area contributed by atoms with E-state index in [4.69, 9.17) is 9.31 Å². The molecule has 188 valence electrons. The Kier molecular flexibility index (Phi) is 5.14. The van der Waals surface area contributed by atoms with Crippen LogP contribution >= 0.6 is 0 Å². The van der Waals surface area contributed by atoms with Crippen molar-refractivity contribution in [2.24, 2.45) is 0 Å². The number of aryl methyl sites for hydroxylation is 1. The summed E-state index contributed by atoms with van der Waals surface area (Å²) in [5.41, 5.74) is 3.37. The Labute approximate surface area is 215 Å². The number of rotatable bonds is 4. The monoisotopic (exact) mass is 515 g/mol. The van der Waals surface area contributed by atoms with Gasteiger partial charge in [0.25, 0.3) is 0 Å². The van der Waals surface area contributed by atoms with E-state index in [0.717, 1.165) is 22.3 Å². The highest BCUT2D eigenvalue weighted by molar-refractivity contribution is 7.91. The van der Waals surface area contributed by atoms with E-state index in [9.17, 15) is 8.42 Å². The molecule has 1 saturated heterocycles. The molecule has 9 nitrogen and oxygen atoms in total. The Morgan fingerprint density at radius 2 is 1.78 bits per heavy atom. The van der Waals surface area contributed by atoms with E-state index in [1.807, 2.05) is 69.6 Å². The molecule has 0 spiro atoms. The van der Waals surface area contributed by atoms with Crippen LogP contribution in [0, 0.1) is 6.92 Å². The third kappa shape index (κ3) is 3.76. The lowest BCUT2D eigenvalue weighted by Crippen LogP contribution is -2.41. The first-order valence-electron chi connectivity index (χ1n) is 11.9. The zero-order valence-corrected chi connectivity index (χ0v) is 22.0. The number of sulfone groups is 1. The standard InChI is InChI=1S/C26H26BN5O4S/c1-16-6-8-19(27-35-25(2,3)26(4,5)36-27)20(12-16)37(33,34)22-14-30-24-23(31-22)18(13-29-24)17-7-9-21-28-10-11-32(21)15-17/h6-15H,1-5H3,(H,29,30). The molecule has 1 aromatic carbocycles. The van der Waals surface area contributed by atoms with Crippen molar-refractivity contribution in [2.75, 3.05) is 0 Å². The number of hydrogen-bond donors (Lipinski definition) is 1. The van der Waals surface area contributed by atoms with Crippen molar-refractivity contribution in [1.82, 2.24) is 24.3 Å². The van der Waals surface area contributed by atoms with Crippen molar-refractivity contribution in [3.05, 3.63) is 66.9 Å². The van der Waals surface area contributed by atoms with E-state index in [0.29, 0.717) is 16.6 Å². The first kappa shape index (κ1) is 23.8. The fraction of sp³-hybridized carbons (Fsp3) is 0.269. The lowest BCUT2D eigenvalue weighted by atomic mass is 9.79. The summed E-state index contributed by atoms with van der Waals surface area (Å²) in [5.74, 6) is 0. The normalized spacial score (nSPS) is 17.2. The largest absolute Gasteiger partial charge is 0.496 e. The fourth-order valence-electron chi connectivity index (χ4n) is 4.46. The van der Waals surface area contributed by atoms with Gasteiger partial charge in [0.05, 0.1) is 22.3 Å². The van der Waals surface area contributed by atoms with Crippen molar-refractivity contribution < 1.29 is 17.7 Å². The van der Waals surface area contributed by atoms with Crippen molar-refractivity contribution >= 4 is 39.2 Å². The number of nitrogens with one attached hydrogen (secondary N) is 1. The molecule has 4 aromatic heterocycles. The van der Waals surface area contributed by atoms with E-state index >= 15 is 0 Å². The number of fused-ring (bicyclic) bond motifs is 2. The van der Waals surface area contributed by atoms with E-state index < -0.39 is 28.2 Å². The number of H-pyrrole nitrogens is 1. The van der Waals surface area contributed by atoms with Crippen LogP contribution in [-0.2, 0) is 19.1 Å². The van der Waals surface area contributed by atoms with E-state index in [1.165, 1.54) is 6.20 Å². The number of pyridine rings is 1. The minimum absolute atomic E-state index is 0.0940. The maximum absolute atomic E-state index is 14.0. The van der Waals surface area contributed by atoms with Crippen LogP contribution in [0.2, 0.25) is 0 Å². The molecule has 0 unspecified atom stereocenters. The highest BCUT2D eigenvalue weighted by Crippen LogP contribution is 2.37. The molecule has 0 aliphatic carbocycles. The minimum atomic E-state index is -4.06. The lowest BCUT2D eigenvalue weighted by Gasteiger charge is -2.32. The van der Waals surface area contributed by atoms with Crippen LogP contribution in [0.15, 0.2) is 71.2 Å². The molecule has 0 atom stereocenters. The Balaban J connectivity index is 1.47. The van der Waals surface area contributed by atoms with Gasteiger partial charge in [-0.1, -0.05) is 12.1 Å². The summed E-state index contributed by atoms with van der Waals surface area (Å²) >= 11 is 0. The molecule has 37 heavy (non-hydrogen) atoms. The summed E-state index contributed by atoms with van der Waals surface area (Å²) < 4.78 is 42.3. The SMILES string of the molecule is Cc1ccc(B2OC(C)(C)C(C)(C)O2)c(S(=O)(=O)c2cnc3[nH]cc(-c4ccc5nccn5c4)c3n2)c1. The molecule has 5 heterocycles. The topological polar surface area (TPSA) is 111 Å². The number of benzene rings is 1. The van der Waals surface area contributed by atoms with Crippen LogP contribution in [0.4, 0.5) is 0 Å². The number of aromatic nitrogens is 5. The maximum atomic E-state index is 14.0. The molecule has 1 N–H and O–H groups in total. The Hall–Kier alpha value is -3.54. The molecule has 0 radical (unpaired) electrons. The van der Waals surface area contributed by atoms with Crippen LogP contribution in [-0.4, -0.2) is 51.1 Å². The number of imidazole rings is 1. The highest BCUT2D eigenvalue weighted by Gasteiger charge is 2.53. The minimum Gasteiger partial charge on any atom is -0.399 e. The lowest BCUT2D eigenvalue weighted by molar-refractivity contribution is 0.00578. The van der Waals surface area contributed by atoms with Crippen LogP contribution in [0.1, 0.15) is 33.3 Å². The molecule has 1 aliphatic rings. The molecular weight excluding hydrogens is 489 g/mol. The van der Waals surface area contributed by atoms with Gasteiger partial charge in [-0.25, -0.2) is 23.4 Å². The quantitative estimate of drug-likeness (QED) is 0.363. The summed E-state index contributed by atoms with van der Waals surface area (Å²) in [6.07, 6.45) is 8.56. The summed E-state index contributed by atoms with van der Waals surface area (Å²) in [5, 5.41) is -0.145. The van der Waals surface area contributed by atoms with Gasteiger partial charge in [-0.05, 0) is 58.4 Å². The molecule has 5 aromatic rings. The molecule has 1 fully saturated rings. The van der Waals surface area contributed by atoms with E-state index in [-0.39, 0.29) is 9.92 Å². The first-order valence-corrected chi connectivity index (χ1v) is 13.4. The predicted molar refractivity (Wildman–Crippen MR) is 140 cm³/mol. The Morgan fingerprint density at radius 3 is 2.54 bits per heavy atom. The number of hydrogen-bond acceptors (Lipinski definition) is 7. The van der Waals surface area contributed by atoms with E-state index in [2.05, 4.69) is 19.9 Å². The number of nitrogens with zero attached hydrogens (tertiary/aromatic N) is 4. The maximum Gasteiger partial charge on any atom is 0.496 e. The van der Waals surface area contributed by atoms with Gasteiger partial charge in [-0.3, -0.25) is 0 Å². The third-order valence-corrected chi connectivity index (χ3v) is 8.98. The fourth-order valence-corrected chi connectivity index (χ4v) is 5.90. The summed E-state index contributed by atoms with van der Waals surface area (Å²) in [6.45, 7) is 9.58. The summed E-state index contributed by atoms with van der Waals surface area (Å²) in [4.78, 5) is 16.4. The predicted octanol–water partition coefficient (Wildman–Crippen LogP) is 3.71. The van der Waals surface area contributed by atoms with Crippen molar-refractivity contribution in [2.45, 2.75) is 55.7 Å². The zero-order chi connectivity index (χ0) is 26.2. The molecule has 1 aliphatic heterocycles. The van der Waals surface area contributed by atoms with Gasteiger partial charge in [0, 0.05) is 41.4 Å². The van der Waals surface area contributed by atoms with Crippen LogP contribution in [0.5, 0.6) is 0 Å². The van der Waals surface area contributed by atoms with Gasteiger partial charge < -0.3 is 18.7 Å². The molecule has 0 amide bonds. The molecule has 0 bridgehead atoms. The zero-order valence-electron chi connectivity index (χ0n) is 21.2. The van der Waals surface area contributed by atoms with Crippen LogP contribution in [0.25, 0.3) is 27.9 Å². The van der Waals surface area contributed by atoms with Gasteiger partial charge in [0.15, 0.2) is 10.7 Å². The third-order valence-electron chi connectivity index (χ3n) is 7.30. The Morgan fingerprint density at radius 1 is 1.03 bits per heavy atom. The summed E-state index contributed by atoms with van der Waals surface area (Å²) in [6, 6.07) is 9.05. The number of aromatic amines is 1. The second-order valence-corrected chi connectivity index (χ2v) is 12.2.